The van der Waals surface area contributed by atoms with Crippen molar-refractivity contribution in [2.75, 3.05) is 19.5 Å². The fourth-order valence-corrected chi connectivity index (χ4v) is 7.27. The minimum absolute atomic E-state index is 0.0643. The van der Waals surface area contributed by atoms with Crippen molar-refractivity contribution in [1.82, 2.24) is 4.57 Å². The van der Waals surface area contributed by atoms with Gasteiger partial charge in [-0.2, -0.15) is 0 Å². The number of halogens is 2. The first-order chi connectivity index (χ1) is 23.6. The van der Waals surface area contributed by atoms with Crippen molar-refractivity contribution in [3.63, 3.8) is 0 Å². The number of aromatic nitrogens is 1. The number of aliphatic hydroxyl groups excluding tert-OH is 1. The number of hydrogen-bond donors (Lipinski definition) is 11. The summed E-state index contributed by atoms with van der Waals surface area (Å²) in [7, 11) is 1.23. The molecule has 1 aromatic heterocycles. The predicted molar refractivity (Wildman–Crippen MR) is 179 cm³/mol. The van der Waals surface area contributed by atoms with E-state index >= 15 is 4.39 Å². The Labute approximate surface area is 288 Å². The Kier molecular flexibility index (Phi) is 9.05. The molecule has 3 aromatic rings. The number of benzene rings is 2. The molecule has 3 unspecified atom stereocenters. The normalized spacial score (nSPS) is 27.0. The highest BCUT2D eigenvalue weighted by atomic mass is 19.1. The molecule has 0 radical (unpaired) electrons. The van der Waals surface area contributed by atoms with Crippen molar-refractivity contribution in [2.45, 2.75) is 47.8 Å². The summed E-state index contributed by atoms with van der Waals surface area (Å²) in [5.41, 5.74) is -2.51. The molecule has 2 aliphatic carbocycles. The van der Waals surface area contributed by atoms with E-state index < -0.39 is 81.4 Å². The monoisotopic (exact) mass is 713 g/mol. The minimum Gasteiger partial charge on any atom is -0.478 e. The van der Waals surface area contributed by atoms with Crippen LogP contribution in [0.1, 0.15) is 35.0 Å². The van der Waals surface area contributed by atoms with Crippen LogP contribution in [0, 0.1) is 17.1 Å². The lowest BCUT2D eigenvalue weighted by Gasteiger charge is -2.64. The number of carbonyl (C=O) groups is 1. The second kappa shape index (κ2) is 12.3. The first kappa shape index (κ1) is 37.6. The Morgan fingerprint density at radius 2 is 1.71 bits per heavy atom. The van der Waals surface area contributed by atoms with Gasteiger partial charge in [-0.05, 0) is 55.3 Å². The third-order valence-electron chi connectivity index (χ3n) is 10.1. The first-order valence-electron chi connectivity index (χ1n) is 15.2. The predicted octanol–water partition coefficient (Wildman–Crippen LogP) is 1.23. The number of nitrogens with one attached hydrogen (secondary N) is 1. The lowest BCUT2D eigenvalue weighted by atomic mass is 9.50. The molecule has 51 heavy (non-hydrogen) atoms. The number of aromatic carboxylic acids is 1. The molecule has 5 rings (SSSR count). The molecule has 0 spiro atoms. The number of carboxylic acid groups (broad SMARTS) is 1. The van der Waals surface area contributed by atoms with E-state index in [1.54, 1.807) is 0 Å². The molecular formula is C35H37F2N3O11. The molecule has 2 fully saturated rings. The van der Waals surface area contributed by atoms with Gasteiger partial charge in [0.05, 0.1) is 28.8 Å². The van der Waals surface area contributed by atoms with Crippen LogP contribution >= 0.6 is 0 Å². The van der Waals surface area contributed by atoms with Crippen LogP contribution in [0.4, 0.5) is 14.5 Å². The first-order valence-corrected chi connectivity index (χ1v) is 15.2. The highest BCUT2D eigenvalue weighted by molar-refractivity contribution is 6.06. The van der Waals surface area contributed by atoms with E-state index in [0.29, 0.717) is 13.1 Å². The zero-order valence-corrected chi connectivity index (χ0v) is 27.3. The number of aliphatic hydroxyl groups is 8. The van der Waals surface area contributed by atoms with E-state index in [1.165, 1.54) is 25.3 Å². The van der Waals surface area contributed by atoms with Crippen molar-refractivity contribution in [1.29, 1.82) is 5.41 Å². The Morgan fingerprint density at radius 1 is 1.12 bits per heavy atom. The molecule has 272 valence electrons. The SMILES string of the molecule is C=C/C(=C\C=C(\F)COC)n1c([C@]2(C3CC3=C)C(O)C(O)(O)C(O)(O)C(O)(O)C2(C)O)c(-c2ccc(C(=O)O)cc2)c2c(F)c(N)c(C=N)cc21. The van der Waals surface area contributed by atoms with E-state index in [1.807, 2.05) is 0 Å². The molecule has 0 aliphatic heterocycles. The second-order valence-electron chi connectivity index (χ2n) is 12.8. The van der Waals surface area contributed by atoms with Crippen LogP contribution in [-0.2, 0) is 10.2 Å². The topological polar surface area (TPSA) is 263 Å². The fourth-order valence-electron chi connectivity index (χ4n) is 7.27. The van der Waals surface area contributed by atoms with Crippen LogP contribution in [0.3, 0.4) is 0 Å². The Hall–Kier alpha value is -4.62. The van der Waals surface area contributed by atoms with Crippen LogP contribution in [0.25, 0.3) is 27.7 Å². The quantitative estimate of drug-likeness (QED) is 0.0466. The summed E-state index contributed by atoms with van der Waals surface area (Å²) in [5, 5.41) is 109. The van der Waals surface area contributed by atoms with E-state index in [4.69, 9.17) is 15.9 Å². The molecule has 1 heterocycles. The van der Waals surface area contributed by atoms with Crippen molar-refractivity contribution in [3.8, 4) is 11.1 Å². The molecule has 2 aromatic carbocycles. The number of carboxylic acids is 1. The third kappa shape index (κ3) is 4.95. The highest BCUT2D eigenvalue weighted by Crippen LogP contribution is 2.68. The van der Waals surface area contributed by atoms with Gasteiger partial charge < -0.3 is 66.4 Å². The van der Waals surface area contributed by atoms with E-state index in [0.717, 1.165) is 34.9 Å². The standard InChI is InChI=1S/C35H37F2N3O11/c1-5-21(11-10-20(36)15-51-4)40-23-13-19(14-38)27(39)26(37)25(23)24(17-6-8-18(9-7-17)29(41)42)28(40)32(22-12-16(22)2)30(43)33(45,46)35(49,50)34(47,48)31(32,3)44/h5-11,13-14,22,30,38,43-50H,1-2,12,15,39H2,3-4H3,(H,41,42)/b20-10+,21-11+,38-14?/t22?,30?,31?,32-/m1/s1. The van der Waals surface area contributed by atoms with E-state index in [9.17, 15) is 55.1 Å². The van der Waals surface area contributed by atoms with Crippen LogP contribution in [-0.4, -0.2) is 105 Å². The van der Waals surface area contributed by atoms with Crippen LogP contribution in [0.15, 0.2) is 73.1 Å². The van der Waals surface area contributed by atoms with Crippen molar-refractivity contribution in [2.24, 2.45) is 5.92 Å². The summed E-state index contributed by atoms with van der Waals surface area (Å²) < 4.78 is 37.4. The number of rotatable bonds is 10. The number of nitrogen functional groups attached to an aromatic ring is 1. The van der Waals surface area contributed by atoms with Gasteiger partial charge in [0.1, 0.15) is 17.5 Å². The number of ether oxygens (including phenoxy) is 1. The van der Waals surface area contributed by atoms with Crippen LogP contribution < -0.4 is 5.73 Å². The van der Waals surface area contributed by atoms with Gasteiger partial charge in [-0.25, -0.2) is 13.6 Å². The minimum atomic E-state index is -4.46. The molecule has 2 aliphatic rings. The van der Waals surface area contributed by atoms with Gasteiger partial charge in [-0.1, -0.05) is 30.9 Å². The van der Waals surface area contributed by atoms with Gasteiger partial charge in [0.25, 0.3) is 17.4 Å². The summed E-state index contributed by atoms with van der Waals surface area (Å²) in [6, 6.07) is 5.87. The Morgan fingerprint density at radius 3 is 2.20 bits per heavy atom. The molecule has 0 saturated heterocycles. The number of anilines is 1. The van der Waals surface area contributed by atoms with Crippen molar-refractivity contribution < 1.29 is 64.3 Å². The summed E-state index contributed by atoms with van der Waals surface area (Å²) in [4.78, 5) is 11.8. The van der Waals surface area contributed by atoms with Crippen LogP contribution in [0.2, 0.25) is 0 Å². The zero-order chi connectivity index (χ0) is 38.2. The van der Waals surface area contributed by atoms with Crippen molar-refractivity contribution >= 4 is 34.5 Å². The highest BCUT2D eigenvalue weighted by Gasteiger charge is 2.86. The number of allylic oxidation sites excluding steroid dienone is 5. The van der Waals surface area contributed by atoms with Crippen LogP contribution in [0.5, 0.6) is 0 Å². The molecule has 0 bridgehead atoms. The van der Waals surface area contributed by atoms with Gasteiger partial charge in [0, 0.05) is 47.1 Å². The van der Waals surface area contributed by atoms with E-state index in [-0.39, 0.29) is 45.5 Å². The molecule has 4 atom stereocenters. The lowest BCUT2D eigenvalue weighted by molar-refractivity contribution is -0.528. The van der Waals surface area contributed by atoms with Gasteiger partial charge in [-0.3, -0.25) is 0 Å². The molecule has 12 N–H and O–H groups in total. The maximum absolute atomic E-state index is 16.8. The Bertz CT molecular complexity index is 2050. The zero-order valence-electron chi connectivity index (χ0n) is 27.3. The molecule has 0 amide bonds. The number of fused-ring (bicyclic) bond motifs is 1. The average molecular weight is 714 g/mol. The third-order valence-corrected chi connectivity index (χ3v) is 10.1. The second-order valence-corrected chi connectivity index (χ2v) is 12.8. The lowest BCUT2D eigenvalue weighted by Crippen LogP contribution is -2.90. The molecule has 16 heteroatoms. The van der Waals surface area contributed by atoms with E-state index in [2.05, 4.69) is 13.2 Å². The number of methoxy groups -OCH3 is 1. The molecular weight excluding hydrogens is 676 g/mol. The maximum atomic E-state index is 16.8. The molecule has 14 nitrogen and oxygen atoms in total. The maximum Gasteiger partial charge on any atom is 0.335 e. The van der Waals surface area contributed by atoms with Gasteiger partial charge in [0.15, 0.2) is 5.82 Å². The number of nitrogens with two attached hydrogens (primary N) is 1. The summed E-state index contributed by atoms with van der Waals surface area (Å²) in [6.07, 6.45) is 0.707. The molecule has 2 saturated carbocycles. The van der Waals surface area contributed by atoms with Crippen molar-refractivity contribution in [3.05, 3.63) is 95.8 Å². The fraction of sp³-hybridized carbons (Fsp3) is 0.314. The number of hydrogen-bond acceptors (Lipinski definition) is 12. The Balaban J connectivity index is 2.17. The van der Waals surface area contributed by atoms with Gasteiger partial charge >= 0.3 is 5.97 Å². The smallest absolute Gasteiger partial charge is 0.335 e. The van der Waals surface area contributed by atoms with Gasteiger partial charge in [-0.15, -0.1) is 0 Å². The largest absolute Gasteiger partial charge is 0.478 e. The van der Waals surface area contributed by atoms with Gasteiger partial charge in [0.2, 0.25) is 0 Å². The summed E-state index contributed by atoms with van der Waals surface area (Å²) in [5.74, 6) is -17.8. The summed E-state index contributed by atoms with van der Waals surface area (Å²) >= 11 is 0. The summed E-state index contributed by atoms with van der Waals surface area (Å²) in [6.45, 7) is 7.81. The average Bonchev–Trinajstić information content (AvgIpc) is 3.70. The number of nitrogens with zero attached hydrogens (tertiary/aromatic N) is 1.